The highest BCUT2D eigenvalue weighted by atomic mass is 32.2. The average Bonchev–Trinajstić information content (AvgIpc) is 2.27. The maximum absolute atomic E-state index is 11.7. The number of nitrogens with zero attached hydrogens (tertiary/aromatic N) is 1. The molecule has 1 unspecified atom stereocenters. The van der Waals surface area contributed by atoms with Crippen LogP contribution in [0.5, 0.6) is 0 Å². The first-order chi connectivity index (χ1) is 6.63. The van der Waals surface area contributed by atoms with Crippen LogP contribution in [-0.2, 0) is 14.8 Å². The quantitative estimate of drug-likeness (QED) is 0.570. The maximum Gasteiger partial charge on any atom is 0.214 e. The molecule has 6 heteroatoms. The zero-order valence-corrected chi connectivity index (χ0v) is 8.66. The van der Waals surface area contributed by atoms with Crippen molar-refractivity contribution in [2.24, 2.45) is 0 Å². The van der Waals surface area contributed by atoms with Gasteiger partial charge in [0.1, 0.15) is 6.29 Å². The van der Waals surface area contributed by atoms with Crippen LogP contribution in [0.1, 0.15) is 12.8 Å². The molecule has 0 radical (unpaired) electrons. The average molecular weight is 218 g/mol. The summed E-state index contributed by atoms with van der Waals surface area (Å²) in [5.74, 6) is 0.176. The van der Waals surface area contributed by atoms with Crippen molar-refractivity contribution in [1.29, 1.82) is 0 Å². The van der Waals surface area contributed by atoms with Crippen molar-refractivity contribution in [3.05, 3.63) is 0 Å². The first-order valence-electron chi connectivity index (χ1n) is 4.82. The van der Waals surface area contributed by atoms with E-state index in [1.807, 2.05) is 0 Å². The minimum absolute atomic E-state index is 0.176. The molecule has 14 heavy (non-hydrogen) atoms. The number of aldehydes is 1. The predicted molar refractivity (Wildman–Crippen MR) is 51.4 cm³/mol. The van der Waals surface area contributed by atoms with Crippen molar-refractivity contribution in [1.82, 2.24) is 9.62 Å². The highest BCUT2D eigenvalue weighted by Crippen LogP contribution is 2.19. The van der Waals surface area contributed by atoms with Gasteiger partial charge in [0, 0.05) is 19.1 Å². The Kier molecular flexibility index (Phi) is 2.59. The summed E-state index contributed by atoms with van der Waals surface area (Å²) in [6, 6.07) is -0.280. The van der Waals surface area contributed by atoms with Gasteiger partial charge < -0.3 is 10.1 Å². The molecular weight excluding hydrogens is 204 g/mol. The fourth-order valence-electron chi connectivity index (χ4n) is 2.06. The van der Waals surface area contributed by atoms with E-state index in [0.717, 1.165) is 6.42 Å². The normalized spacial score (nSPS) is 41.3. The number of sulfonamides is 1. The topological polar surface area (TPSA) is 66.5 Å². The van der Waals surface area contributed by atoms with Gasteiger partial charge in [0.2, 0.25) is 10.0 Å². The van der Waals surface area contributed by atoms with Crippen molar-refractivity contribution in [2.75, 3.05) is 18.8 Å². The van der Waals surface area contributed by atoms with Crippen LogP contribution in [0.2, 0.25) is 0 Å². The molecule has 2 aliphatic rings. The molecule has 1 N–H and O–H groups in total. The Morgan fingerprint density at radius 3 is 2.93 bits per heavy atom. The van der Waals surface area contributed by atoms with Crippen LogP contribution < -0.4 is 5.32 Å². The lowest BCUT2D eigenvalue weighted by Gasteiger charge is -2.34. The van der Waals surface area contributed by atoms with Gasteiger partial charge in [-0.3, -0.25) is 0 Å². The molecular formula is C8H14N2O3S. The highest BCUT2D eigenvalue weighted by Gasteiger charge is 2.37. The molecule has 80 valence electrons. The molecule has 0 aromatic carbocycles. The number of nitrogens with one attached hydrogen (secondary N) is 1. The summed E-state index contributed by atoms with van der Waals surface area (Å²) >= 11 is 0. The number of hydrogen-bond acceptors (Lipinski definition) is 4. The van der Waals surface area contributed by atoms with E-state index in [1.54, 1.807) is 0 Å². The van der Waals surface area contributed by atoms with Crippen LogP contribution in [0.25, 0.3) is 0 Å². The van der Waals surface area contributed by atoms with Crippen LogP contribution in [0, 0.1) is 0 Å². The molecule has 0 amide bonds. The Bertz CT molecular complexity index is 327. The van der Waals surface area contributed by atoms with Crippen molar-refractivity contribution >= 4 is 16.3 Å². The highest BCUT2D eigenvalue weighted by molar-refractivity contribution is 7.89. The van der Waals surface area contributed by atoms with E-state index in [9.17, 15) is 13.2 Å². The minimum Gasteiger partial charge on any atom is -0.311 e. The first kappa shape index (κ1) is 10.1. The van der Waals surface area contributed by atoms with Crippen molar-refractivity contribution in [3.8, 4) is 0 Å². The third-order valence-electron chi connectivity index (χ3n) is 2.86. The molecule has 0 aromatic heterocycles. The third kappa shape index (κ3) is 1.69. The summed E-state index contributed by atoms with van der Waals surface area (Å²) in [6.45, 7) is 0.902. The van der Waals surface area contributed by atoms with E-state index < -0.39 is 16.1 Å². The Hall–Kier alpha value is -0.460. The largest absolute Gasteiger partial charge is 0.311 e. The van der Waals surface area contributed by atoms with E-state index in [4.69, 9.17) is 0 Å². The lowest BCUT2D eigenvalue weighted by molar-refractivity contribution is -0.111. The lowest BCUT2D eigenvalue weighted by atomic mass is 10.1. The summed E-state index contributed by atoms with van der Waals surface area (Å²) in [7, 11) is -3.19. The summed E-state index contributed by atoms with van der Waals surface area (Å²) in [5.41, 5.74) is 0. The maximum atomic E-state index is 11.7. The van der Waals surface area contributed by atoms with Crippen molar-refractivity contribution in [2.45, 2.75) is 24.9 Å². The zero-order valence-electron chi connectivity index (χ0n) is 7.85. The molecule has 2 saturated heterocycles. The van der Waals surface area contributed by atoms with Gasteiger partial charge in [0.05, 0.1) is 11.8 Å². The molecule has 2 fully saturated rings. The number of carbonyl (C=O) groups is 1. The molecule has 0 aliphatic carbocycles. The van der Waals surface area contributed by atoms with Crippen LogP contribution >= 0.6 is 0 Å². The minimum atomic E-state index is -3.19. The van der Waals surface area contributed by atoms with Crippen molar-refractivity contribution < 1.29 is 13.2 Å². The molecule has 2 rings (SSSR count). The van der Waals surface area contributed by atoms with Gasteiger partial charge in [-0.05, 0) is 12.8 Å². The molecule has 0 saturated carbocycles. The fourth-order valence-corrected chi connectivity index (χ4v) is 3.77. The van der Waals surface area contributed by atoms with Gasteiger partial charge in [-0.2, -0.15) is 4.31 Å². The molecule has 2 heterocycles. The summed E-state index contributed by atoms with van der Waals surface area (Å²) in [6.07, 6.45) is 2.27. The molecule has 5 nitrogen and oxygen atoms in total. The smallest absolute Gasteiger partial charge is 0.214 e. The molecule has 3 atom stereocenters. The Morgan fingerprint density at radius 2 is 2.21 bits per heavy atom. The first-order valence-corrected chi connectivity index (χ1v) is 6.42. The summed E-state index contributed by atoms with van der Waals surface area (Å²) in [5, 5.41) is 3.19. The number of piperazine rings is 1. The van der Waals surface area contributed by atoms with E-state index in [-0.39, 0.29) is 11.8 Å². The second-order valence-electron chi connectivity index (χ2n) is 3.84. The van der Waals surface area contributed by atoms with Crippen LogP contribution in [0.15, 0.2) is 0 Å². The number of rotatable bonds is 1. The van der Waals surface area contributed by atoms with E-state index >= 15 is 0 Å². The second-order valence-corrected chi connectivity index (χ2v) is 5.88. The molecule has 2 bridgehead atoms. The van der Waals surface area contributed by atoms with E-state index in [1.165, 1.54) is 4.31 Å². The van der Waals surface area contributed by atoms with Gasteiger partial charge in [0.15, 0.2) is 0 Å². The Balaban J connectivity index is 2.29. The van der Waals surface area contributed by atoms with Gasteiger partial charge in [-0.25, -0.2) is 8.42 Å². The van der Waals surface area contributed by atoms with Crippen LogP contribution in [-0.4, -0.2) is 49.9 Å². The number of fused-ring (bicyclic) bond motifs is 2. The summed E-state index contributed by atoms with van der Waals surface area (Å²) < 4.78 is 24.8. The lowest BCUT2D eigenvalue weighted by Crippen LogP contribution is -2.57. The van der Waals surface area contributed by atoms with Gasteiger partial charge >= 0.3 is 0 Å². The fraction of sp³-hybridized carbons (Fsp3) is 0.875. The number of carbonyl (C=O) groups excluding carboxylic acids is 1. The zero-order chi connectivity index (χ0) is 10.2. The van der Waals surface area contributed by atoms with Gasteiger partial charge in [-0.1, -0.05) is 0 Å². The van der Waals surface area contributed by atoms with E-state index in [2.05, 4.69) is 5.32 Å². The van der Waals surface area contributed by atoms with Crippen molar-refractivity contribution in [3.63, 3.8) is 0 Å². The van der Waals surface area contributed by atoms with Crippen LogP contribution in [0.3, 0.4) is 0 Å². The molecule has 2 aliphatic heterocycles. The van der Waals surface area contributed by atoms with Gasteiger partial charge in [-0.15, -0.1) is 0 Å². The third-order valence-corrected chi connectivity index (χ3v) is 4.79. The standard InChI is InChI=1S/C8H14N2O3S/c11-6-8-4-9-7-2-1-3-14(12,13)10(8)5-7/h6-9H,1-5H2/t7-,8-/m1/s1. The Labute approximate surface area is 83.5 Å². The molecule has 0 aromatic rings. The second kappa shape index (κ2) is 3.60. The number of hydrogen-bond donors (Lipinski definition) is 1. The monoisotopic (exact) mass is 218 g/mol. The van der Waals surface area contributed by atoms with Gasteiger partial charge in [0.25, 0.3) is 0 Å². The SMILES string of the molecule is O=C[C@H]1CN[C@@H]2CCCS(=O)(=O)N1C2. The van der Waals surface area contributed by atoms with Crippen LogP contribution in [0.4, 0.5) is 0 Å². The Morgan fingerprint density at radius 1 is 1.43 bits per heavy atom. The summed E-state index contributed by atoms with van der Waals surface area (Å²) in [4.78, 5) is 10.7. The van der Waals surface area contributed by atoms with E-state index in [0.29, 0.717) is 25.8 Å². The predicted octanol–water partition coefficient (Wildman–Crippen LogP) is -1.05. The molecule has 0 spiro atoms.